The van der Waals surface area contributed by atoms with Crippen LogP contribution in [-0.2, 0) is 17.1 Å². The summed E-state index contributed by atoms with van der Waals surface area (Å²) >= 11 is 0. The van der Waals surface area contributed by atoms with Gasteiger partial charge in [0.2, 0.25) is 5.95 Å². The van der Waals surface area contributed by atoms with Gasteiger partial charge in [-0.1, -0.05) is 12.1 Å². The minimum atomic E-state index is -4.36. The van der Waals surface area contributed by atoms with Crippen molar-refractivity contribution in [1.29, 1.82) is 0 Å². The third-order valence-corrected chi connectivity index (χ3v) is 4.85. The molecule has 0 saturated heterocycles. The number of nitrogens with one attached hydrogen (secondary N) is 2. The summed E-state index contributed by atoms with van der Waals surface area (Å²) in [7, 11) is -1.68. The monoisotopic (exact) mass is 421 g/mol. The number of aromatic nitrogens is 5. The first-order valence-corrected chi connectivity index (χ1v) is 9.42. The van der Waals surface area contributed by atoms with E-state index in [0.29, 0.717) is 0 Å². The SMILES string of the molecule is COc1nc(C)nc(NC(=O)NS(=O)(=O)c2ccccc2-c2nn(C)c(=O)o2)n1. The van der Waals surface area contributed by atoms with Gasteiger partial charge in [-0.15, -0.1) is 5.10 Å². The van der Waals surface area contributed by atoms with Gasteiger partial charge in [0, 0.05) is 7.05 Å². The maximum Gasteiger partial charge on any atom is 0.437 e. The summed E-state index contributed by atoms with van der Waals surface area (Å²) in [6.45, 7) is 1.54. The molecular formula is C15H15N7O6S. The predicted octanol–water partition coefficient (Wildman–Crippen LogP) is 0.0527. The highest BCUT2D eigenvalue weighted by molar-refractivity contribution is 7.90. The molecule has 152 valence electrons. The second-order valence-corrected chi connectivity index (χ2v) is 7.20. The molecule has 0 unspecified atom stereocenters. The summed E-state index contributed by atoms with van der Waals surface area (Å²) < 4.78 is 38.0. The average Bonchev–Trinajstić information content (AvgIpc) is 2.99. The second kappa shape index (κ2) is 7.67. The number of carbonyl (C=O) groups excluding carboxylic acids is 1. The molecule has 2 amide bonds. The maximum atomic E-state index is 12.7. The Morgan fingerprint density at radius 2 is 1.93 bits per heavy atom. The Balaban J connectivity index is 1.88. The summed E-state index contributed by atoms with van der Waals surface area (Å²) in [5.74, 6) is -0.926. The molecule has 3 rings (SSSR count). The Labute approximate surface area is 163 Å². The second-order valence-electron chi connectivity index (χ2n) is 5.55. The Morgan fingerprint density at radius 3 is 2.59 bits per heavy atom. The van der Waals surface area contributed by atoms with Crippen LogP contribution in [0.3, 0.4) is 0 Å². The molecule has 0 radical (unpaired) electrons. The van der Waals surface area contributed by atoms with Gasteiger partial charge >= 0.3 is 17.8 Å². The summed E-state index contributed by atoms with van der Waals surface area (Å²) in [4.78, 5) is 34.9. The number of benzene rings is 1. The molecule has 2 heterocycles. The van der Waals surface area contributed by atoms with Crippen molar-refractivity contribution in [2.45, 2.75) is 11.8 Å². The number of nitrogens with zero attached hydrogens (tertiary/aromatic N) is 5. The summed E-state index contributed by atoms with van der Waals surface area (Å²) in [6.07, 6.45) is 0. The van der Waals surface area contributed by atoms with Gasteiger partial charge in [0.1, 0.15) is 10.7 Å². The van der Waals surface area contributed by atoms with Crippen molar-refractivity contribution in [3.8, 4) is 17.5 Å². The number of sulfonamides is 1. The van der Waals surface area contributed by atoms with Gasteiger partial charge in [0.05, 0.1) is 12.7 Å². The first kappa shape index (κ1) is 19.9. The highest BCUT2D eigenvalue weighted by Gasteiger charge is 2.25. The number of methoxy groups -OCH3 is 1. The smallest absolute Gasteiger partial charge is 0.437 e. The van der Waals surface area contributed by atoms with E-state index in [4.69, 9.17) is 9.15 Å². The van der Waals surface area contributed by atoms with Crippen LogP contribution in [-0.4, -0.2) is 46.3 Å². The molecule has 1 aromatic carbocycles. The zero-order chi connectivity index (χ0) is 21.2. The zero-order valence-electron chi connectivity index (χ0n) is 15.4. The number of carbonyl (C=O) groups is 1. The molecule has 0 aliphatic rings. The molecule has 29 heavy (non-hydrogen) atoms. The number of hydrogen-bond acceptors (Lipinski definition) is 10. The first-order valence-electron chi connectivity index (χ1n) is 7.93. The van der Waals surface area contributed by atoms with Gasteiger partial charge < -0.3 is 9.15 Å². The van der Waals surface area contributed by atoms with E-state index in [-0.39, 0.29) is 34.1 Å². The van der Waals surface area contributed by atoms with Crippen LogP contribution in [0.15, 0.2) is 38.4 Å². The third-order valence-electron chi connectivity index (χ3n) is 3.46. The van der Waals surface area contributed by atoms with Gasteiger partial charge in [-0.3, -0.25) is 5.32 Å². The van der Waals surface area contributed by atoms with Gasteiger partial charge in [0.15, 0.2) is 0 Å². The number of anilines is 1. The van der Waals surface area contributed by atoms with Crippen LogP contribution in [0, 0.1) is 6.92 Å². The number of aryl methyl sites for hydroxylation is 2. The predicted molar refractivity (Wildman–Crippen MR) is 97.6 cm³/mol. The molecule has 0 bridgehead atoms. The molecule has 0 spiro atoms. The van der Waals surface area contributed by atoms with E-state index < -0.39 is 21.8 Å². The van der Waals surface area contributed by atoms with Crippen molar-refractivity contribution in [2.24, 2.45) is 7.05 Å². The first-order chi connectivity index (χ1) is 13.7. The highest BCUT2D eigenvalue weighted by atomic mass is 32.2. The molecule has 0 fully saturated rings. The number of rotatable bonds is 5. The lowest BCUT2D eigenvalue weighted by Gasteiger charge is -2.10. The van der Waals surface area contributed by atoms with Crippen LogP contribution >= 0.6 is 0 Å². The van der Waals surface area contributed by atoms with Crippen molar-refractivity contribution in [3.05, 3.63) is 40.6 Å². The minimum Gasteiger partial charge on any atom is -0.467 e. The Kier molecular flexibility index (Phi) is 5.27. The lowest BCUT2D eigenvalue weighted by molar-refractivity contribution is 0.256. The fraction of sp³-hybridized carbons (Fsp3) is 0.200. The van der Waals surface area contributed by atoms with Gasteiger partial charge in [-0.05, 0) is 19.1 Å². The third kappa shape index (κ3) is 4.37. The van der Waals surface area contributed by atoms with Crippen LogP contribution in [0.5, 0.6) is 6.01 Å². The molecule has 2 aromatic heterocycles. The van der Waals surface area contributed by atoms with Crippen molar-refractivity contribution in [2.75, 3.05) is 12.4 Å². The van der Waals surface area contributed by atoms with Crippen molar-refractivity contribution < 1.29 is 22.4 Å². The van der Waals surface area contributed by atoms with Crippen molar-refractivity contribution >= 4 is 22.0 Å². The lowest BCUT2D eigenvalue weighted by atomic mass is 10.2. The van der Waals surface area contributed by atoms with E-state index in [0.717, 1.165) is 4.68 Å². The van der Waals surface area contributed by atoms with Crippen LogP contribution in [0.25, 0.3) is 11.5 Å². The van der Waals surface area contributed by atoms with Crippen LogP contribution in [0.4, 0.5) is 10.7 Å². The summed E-state index contributed by atoms with van der Waals surface area (Å²) in [5.41, 5.74) is 0.00294. The Bertz CT molecular complexity index is 1230. The van der Waals surface area contributed by atoms with E-state index in [1.54, 1.807) is 6.92 Å². The summed E-state index contributed by atoms with van der Waals surface area (Å²) in [5, 5.41) is 6.03. The van der Waals surface area contributed by atoms with Gasteiger partial charge in [0.25, 0.3) is 15.9 Å². The van der Waals surface area contributed by atoms with Crippen LogP contribution < -0.4 is 20.5 Å². The van der Waals surface area contributed by atoms with Crippen LogP contribution in [0.1, 0.15) is 5.82 Å². The molecule has 0 saturated carbocycles. The van der Waals surface area contributed by atoms with Crippen LogP contribution in [0.2, 0.25) is 0 Å². The molecule has 13 nitrogen and oxygen atoms in total. The topological polar surface area (TPSA) is 171 Å². The summed E-state index contributed by atoms with van der Waals surface area (Å²) in [6, 6.07) is 4.43. The van der Waals surface area contributed by atoms with Crippen molar-refractivity contribution in [3.63, 3.8) is 0 Å². The normalized spacial score (nSPS) is 11.1. The quantitative estimate of drug-likeness (QED) is 0.573. The zero-order valence-corrected chi connectivity index (χ0v) is 16.2. The van der Waals surface area contributed by atoms with E-state index in [9.17, 15) is 18.0 Å². The maximum absolute atomic E-state index is 12.7. The van der Waals surface area contributed by atoms with Crippen molar-refractivity contribution in [1.82, 2.24) is 29.5 Å². The molecule has 0 aliphatic carbocycles. The van der Waals surface area contributed by atoms with E-state index >= 15 is 0 Å². The number of urea groups is 1. The number of amides is 2. The fourth-order valence-electron chi connectivity index (χ4n) is 2.24. The molecular weight excluding hydrogens is 406 g/mol. The molecule has 14 heteroatoms. The average molecular weight is 421 g/mol. The lowest BCUT2D eigenvalue weighted by Crippen LogP contribution is -2.35. The highest BCUT2D eigenvalue weighted by Crippen LogP contribution is 2.24. The van der Waals surface area contributed by atoms with E-state index in [1.807, 2.05) is 4.72 Å². The standard InChI is InChI=1S/C15H15N7O6S/c1-8-16-12(19-14(17-8)27-3)18-13(23)21-29(25,26)10-7-5-4-6-9(10)11-20-22(2)15(24)28-11/h4-7H,1-3H3,(H2,16,17,18,19,21,23). The Hall–Kier alpha value is -3.81. The number of hydrogen-bond donors (Lipinski definition) is 2. The molecule has 3 aromatic rings. The van der Waals surface area contributed by atoms with E-state index in [2.05, 4.69) is 25.4 Å². The molecule has 2 N–H and O–H groups in total. The molecule has 0 atom stereocenters. The molecule has 0 aliphatic heterocycles. The largest absolute Gasteiger partial charge is 0.467 e. The fourth-order valence-corrected chi connectivity index (χ4v) is 3.35. The Morgan fingerprint density at radius 1 is 1.21 bits per heavy atom. The number of ether oxygens (including phenoxy) is 1. The van der Waals surface area contributed by atoms with Gasteiger partial charge in [-0.2, -0.15) is 19.6 Å². The van der Waals surface area contributed by atoms with Gasteiger partial charge in [-0.25, -0.2) is 22.7 Å². The minimum absolute atomic E-state index is 0.00294. The van der Waals surface area contributed by atoms with E-state index in [1.165, 1.54) is 38.4 Å².